The Morgan fingerprint density at radius 2 is 2.12 bits per heavy atom. The number of nitrogens with one attached hydrogen (secondary N) is 1. The summed E-state index contributed by atoms with van der Waals surface area (Å²) in [5.74, 6) is 1.50. The smallest absolute Gasteiger partial charge is 0.321 e. The molecule has 1 aliphatic heterocycles. The number of piperidine rings is 1. The molecule has 1 aromatic heterocycles. The summed E-state index contributed by atoms with van der Waals surface area (Å²) in [5.41, 5.74) is 0.655. The molecule has 1 aromatic carbocycles. The topological polar surface area (TPSA) is 88.3 Å². The second-order valence-corrected chi connectivity index (χ2v) is 7.23. The number of hydrogen-bond donors (Lipinski definition) is 1. The molecule has 3 rings (SSSR count). The number of nitrogens with zero attached hydrogens (tertiary/aromatic N) is 3. The van der Waals surface area contributed by atoms with Gasteiger partial charge in [-0.05, 0) is 38.0 Å². The largest absolute Gasteiger partial charge is 0.339 e. The van der Waals surface area contributed by atoms with Crippen molar-refractivity contribution < 1.29 is 13.5 Å². The van der Waals surface area contributed by atoms with Gasteiger partial charge < -0.3 is 14.7 Å². The van der Waals surface area contributed by atoms with Crippen molar-refractivity contribution in [3.05, 3.63) is 36.0 Å². The zero-order valence-corrected chi connectivity index (χ0v) is 14.5. The molecule has 0 spiro atoms. The van der Waals surface area contributed by atoms with Crippen LogP contribution in [0.15, 0.2) is 33.7 Å². The van der Waals surface area contributed by atoms with Crippen molar-refractivity contribution in [1.29, 1.82) is 0 Å². The lowest BCUT2D eigenvalue weighted by Crippen LogP contribution is -2.40. The van der Waals surface area contributed by atoms with Crippen LogP contribution in [0, 0.1) is 6.92 Å². The fraction of sp³-hybridized carbons (Fsp3) is 0.438. The van der Waals surface area contributed by atoms with E-state index in [1.165, 1.54) is 0 Å². The summed E-state index contributed by atoms with van der Waals surface area (Å²) in [5, 5.41) is 6.69. The minimum Gasteiger partial charge on any atom is -0.339 e. The molecular weight excluding hydrogens is 328 g/mol. The number of anilines is 1. The van der Waals surface area contributed by atoms with Gasteiger partial charge in [0.05, 0.1) is 0 Å². The zero-order valence-electron chi connectivity index (χ0n) is 13.7. The van der Waals surface area contributed by atoms with E-state index in [1.54, 1.807) is 42.3 Å². The highest BCUT2D eigenvalue weighted by Crippen LogP contribution is 2.27. The molecule has 2 aromatic rings. The van der Waals surface area contributed by atoms with Gasteiger partial charge in [-0.3, -0.25) is 4.21 Å². The number of carbonyl (C=O) groups is 1. The van der Waals surface area contributed by atoms with Crippen molar-refractivity contribution in [2.75, 3.05) is 24.7 Å². The second-order valence-electron chi connectivity index (χ2n) is 5.85. The van der Waals surface area contributed by atoms with Crippen LogP contribution >= 0.6 is 0 Å². The predicted molar refractivity (Wildman–Crippen MR) is 90.4 cm³/mol. The first-order valence-electron chi connectivity index (χ1n) is 7.82. The van der Waals surface area contributed by atoms with Crippen molar-refractivity contribution in [3.63, 3.8) is 0 Å². The summed E-state index contributed by atoms with van der Waals surface area (Å²) in [4.78, 5) is 19.1. The van der Waals surface area contributed by atoms with E-state index in [4.69, 9.17) is 4.52 Å². The van der Waals surface area contributed by atoms with Crippen molar-refractivity contribution in [2.24, 2.45) is 0 Å². The molecule has 1 aliphatic rings. The Bertz CT molecular complexity index is 753. The van der Waals surface area contributed by atoms with Crippen LogP contribution in [0.2, 0.25) is 0 Å². The highest BCUT2D eigenvalue weighted by Gasteiger charge is 2.27. The first-order valence-corrected chi connectivity index (χ1v) is 9.38. The number of urea groups is 1. The summed E-state index contributed by atoms with van der Waals surface area (Å²) in [6.45, 7) is 3.07. The molecule has 1 atom stereocenters. The van der Waals surface area contributed by atoms with Crippen LogP contribution in [-0.2, 0) is 10.8 Å². The van der Waals surface area contributed by atoms with E-state index in [1.807, 2.05) is 0 Å². The average Bonchev–Trinajstić information content (AvgIpc) is 3.01. The Kier molecular flexibility index (Phi) is 4.94. The number of aromatic nitrogens is 2. The van der Waals surface area contributed by atoms with E-state index >= 15 is 0 Å². The van der Waals surface area contributed by atoms with Gasteiger partial charge in [-0.15, -0.1) is 0 Å². The van der Waals surface area contributed by atoms with Gasteiger partial charge >= 0.3 is 6.03 Å². The first-order chi connectivity index (χ1) is 11.5. The van der Waals surface area contributed by atoms with E-state index in [0.717, 1.165) is 12.8 Å². The maximum Gasteiger partial charge on any atom is 0.321 e. The third-order valence-corrected chi connectivity index (χ3v) is 5.01. The van der Waals surface area contributed by atoms with E-state index in [9.17, 15) is 9.00 Å². The quantitative estimate of drug-likeness (QED) is 0.921. The molecule has 1 saturated heterocycles. The Morgan fingerprint density at radius 3 is 2.75 bits per heavy atom. The summed E-state index contributed by atoms with van der Waals surface area (Å²) in [7, 11) is -1.07. The number of likely N-dealkylation sites (tertiary alicyclic amines) is 1. The van der Waals surface area contributed by atoms with Crippen LogP contribution in [0.3, 0.4) is 0 Å². The average molecular weight is 348 g/mol. The van der Waals surface area contributed by atoms with Crippen LogP contribution in [0.25, 0.3) is 0 Å². The molecule has 0 saturated carbocycles. The van der Waals surface area contributed by atoms with Gasteiger partial charge in [-0.2, -0.15) is 4.98 Å². The molecule has 0 unspecified atom stereocenters. The highest BCUT2D eigenvalue weighted by molar-refractivity contribution is 7.84. The maximum absolute atomic E-state index is 12.4. The molecule has 2 amide bonds. The molecule has 7 nitrogen and oxygen atoms in total. The van der Waals surface area contributed by atoms with E-state index in [-0.39, 0.29) is 11.9 Å². The van der Waals surface area contributed by atoms with Crippen LogP contribution in [0.1, 0.15) is 30.5 Å². The number of benzene rings is 1. The van der Waals surface area contributed by atoms with Crippen molar-refractivity contribution in [2.45, 2.75) is 30.6 Å². The molecule has 2 heterocycles. The molecule has 8 heteroatoms. The van der Waals surface area contributed by atoms with Gasteiger partial charge in [0.1, 0.15) is 0 Å². The minimum atomic E-state index is -1.07. The highest BCUT2D eigenvalue weighted by atomic mass is 32.2. The summed E-state index contributed by atoms with van der Waals surface area (Å²) >= 11 is 0. The van der Waals surface area contributed by atoms with Crippen molar-refractivity contribution >= 4 is 22.5 Å². The Balaban J connectivity index is 1.57. The lowest BCUT2D eigenvalue weighted by atomic mass is 9.97. The minimum absolute atomic E-state index is 0.144. The standard InChI is InChI=1S/C16H20N4O3S/c1-11-17-15(23-19-11)12-6-8-20(9-7-12)16(21)18-13-4-3-5-14(10-13)24(2)22/h3-5,10,12H,6-9H2,1-2H3,(H,18,21)/t24-/m1/s1. The van der Waals surface area contributed by atoms with Crippen LogP contribution < -0.4 is 5.32 Å². The fourth-order valence-electron chi connectivity index (χ4n) is 2.76. The molecule has 24 heavy (non-hydrogen) atoms. The SMILES string of the molecule is Cc1noc(C2CCN(C(=O)Nc3cccc([S@@](C)=O)c3)CC2)n1. The number of aryl methyl sites for hydroxylation is 1. The van der Waals surface area contributed by atoms with Gasteiger partial charge in [0, 0.05) is 46.6 Å². The van der Waals surface area contributed by atoms with E-state index in [0.29, 0.717) is 35.4 Å². The van der Waals surface area contributed by atoms with Crippen molar-refractivity contribution in [3.8, 4) is 0 Å². The summed E-state index contributed by atoms with van der Waals surface area (Å²) in [6, 6.07) is 6.96. The number of amides is 2. The Labute approximate surface area is 142 Å². The van der Waals surface area contributed by atoms with Crippen LogP contribution in [0.5, 0.6) is 0 Å². The van der Waals surface area contributed by atoms with Crippen LogP contribution in [0.4, 0.5) is 10.5 Å². The molecule has 1 fully saturated rings. The lowest BCUT2D eigenvalue weighted by Gasteiger charge is -2.30. The normalized spacial score (nSPS) is 16.8. The Morgan fingerprint density at radius 1 is 1.38 bits per heavy atom. The predicted octanol–water partition coefficient (Wildman–Crippen LogP) is 2.53. The third-order valence-electron chi connectivity index (χ3n) is 4.09. The van der Waals surface area contributed by atoms with Gasteiger partial charge in [0.15, 0.2) is 5.82 Å². The van der Waals surface area contributed by atoms with E-state index in [2.05, 4.69) is 15.5 Å². The monoisotopic (exact) mass is 348 g/mol. The number of rotatable bonds is 3. The molecule has 0 bridgehead atoms. The lowest BCUT2D eigenvalue weighted by molar-refractivity contribution is 0.187. The second kappa shape index (κ2) is 7.12. The van der Waals surface area contributed by atoms with Gasteiger partial charge in [0.25, 0.3) is 0 Å². The molecular formula is C16H20N4O3S. The van der Waals surface area contributed by atoms with E-state index < -0.39 is 10.8 Å². The van der Waals surface area contributed by atoms with Gasteiger partial charge in [-0.1, -0.05) is 11.2 Å². The third kappa shape index (κ3) is 3.81. The summed E-state index contributed by atoms with van der Waals surface area (Å²) < 4.78 is 16.7. The molecule has 128 valence electrons. The molecule has 0 aliphatic carbocycles. The summed E-state index contributed by atoms with van der Waals surface area (Å²) in [6.07, 6.45) is 3.22. The number of hydrogen-bond acceptors (Lipinski definition) is 5. The zero-order chi connectivity index (χ0) is 17.1. The number of carbonyl (C=O) groups excluding carboxylic acids is 1. The molecule has 0 radical (unpaired) electrons. The molecule has 1 N–H and O–H groups in total. The Hall–Kier alpha value is -2.22. The fourth-order valence-corrected chi connectivity index (χ4v) is 3.33. The van der Waals surface area contributed by atoms with Gasteiger partial charge in [0.2, 0.25) is 5.89 Å². The first kappa shape index (κ1) is 16.6. The van der Waals surface area contributed by atoms with Gasteiger partial charge in [-0.25, -0.2) is 4.79 Å². The van der Waals surface area contributed by atoms with Crippen LogP contribution in [-0.4, -0.2) is 44.6 Å². The van der Waals surface area contributed by atoms with Crippen molar-refractivity contribution in [1.82, 2.24) is 15.0 Å². The maximum atomic E-state index is 12.4.